The van der Waals surface area contributed by atoms with Crippen molar-refractivity contribution in [1.82, 2.24) is 0 Å². The van der Waals surface area contributed by atoms with Crippen LogP contribution in [-0.4, -0.2) is 198 Å². The second kappa shape index (κ2) is 22.5. The van der Waals surface area contributed by atoms with Crippen molar-refractivity contribution in [2.24, 2.45) is 0 Å². The van der Waals surface area contributed by atoms with Gasteiger partial charge in [-0.25, -0.2) is 0 Å². The SMILES string of the molecule is O=C([O-])C1O[C@@H](O[C@H]2C(C(=O)[O-])O[C@@H](O[C@H]3C(C(=O)[O-])O[C@@H](O[C@H]4C(C(=O)[O-])O[C@@H](O)C(O)[C@@H]4O)C(O)[C@@H]3O)C(O)[C@@H]2O)C(O)[C@H](O)[C@@H]1O.[Na+].[Na+].[Na+].[Na+]. The van der Waals surface area contributed by atoms with E-state index in [-0.39, 0.29) is 118 Å². The van der Waals surface area contributed by atoms with Gasteiger partial charge in [0.1, 0.15) is 97.7 Å². The number of aliphatic hydroxyl groups is 10. The standard InChI is InChI=1S/C24H34O25.4Na/c25-1-2(26)13(17(34)35)47-22(7(1)31)45-11-4(28)9(33)24(49-15(11)19(38)39)46-12-5(29)8(32)23(48-16(12)20(40)41)44-10-3(27)6(30)21(42)43-14(10)18(36)37;;;;/h1-16,21-33,42H,(H,34,35)(H,36,37)(H,38,39)(H,40,41);;;;/q;4*+1/p-4/t1-,2+,3+,4+,5+,6?,7?,8?,9?,10-,11-,12-,13?,14?,15?,16?,21-,22-,23-,24-;;;;/m1..../s1. The molecule has 0 spiro atoms. The summed E-state index contributed by atoms with van der Waals surface area (Å²) in [6.07, 6.45) is -47.6. The van der Waals surface area contributed by atoms with Crippen LogP contribution in [0.3, 0.4) is 0 Å². The van der Waals surface area contributed by atoms with Crippen molar-refractivity contribution in [1.29, 1.82) is 0 Å². The van der Waals surface area contributed by atoms with E-state index < -0.39 is 147 Å². The van der Waals surface area contributed by atoms with E-state index in [0.29, 0.717) is 0 Å². The molecule has 0 amide bonds. The number of carboxylic acid groups (broad SMARTS) is 4. The van der Waals surface area contributed by atoms with Crippen LogP contribution in [0.2, 0.25) is 0 Å². The Kier molecular flexibility index (Phi) is 23.0. The van der Waals surface area contributed by atoms with Crippen LogP contribution in [0.25, 0.3) is 0 Å². The van der Waals surface area contributed by atoms with Gasteiger partial charge in [-0.3, -0.25) is 0 Å². The molecule has 0 radical (unpaired) electrons. The number of carbonyl (C=O) groups is 4. The Labute approximate surface area is 384 Å². The zero-order valence-electron chi connectivity index (χ0n) is 28.1. The molecule has 29 heteroatoms. The Balaban J connectivity index is 0.00000676. The first-order valence-electron chi connectivity index (χ1n) is 14.0. The Morgan fingerprint density at radius 1 is 0.358 bits per heavy atom. The van der Waals surface area contributed by atoms with Crippen molar-refractivity contribution < 1.29 is 242 Å². The van der Waals surface area contributed by atoms with Gasteiger partial charge >= 0.3 is 118 Å². The molecular formula is C24H30Na4O25. The van der Waals surface area contributed by atoms with E-state index in [0.717, 1.165) is 0 Å². The third-order valence-electron chi connectivity index (χ3n) is 8.02. The van der Waals surface area contributed by atoms with Crippen molar-refractivity contribution in [3.63, 3.8) is 0 Å². The Hall–Kier alpha value is 1.20. The van der Waals surface area contributed by atoms with Crippen LogP contribution in [-0.2, 0) is 52.3 Å². The molecule has 0 aromatic rings. The molecule has 4 aliphatic rings. The summed E-state index contributed by atoms with van der Waals surface area (Å²) >= 11 is 0. The molecule has 20 atom stereocenters. The minimum absolute atomic E-state index is 0. The molecule has 4 aliphatic heterocycles. The molecule has 25 nitrogen and oxygen atoms in total. The Bertz CT molecular complexity index is 1240. The van der Waals surface area contributed by atoms with E-state index >= 15 is 0 Å². The van der Waals surface area contributed by atoms with Crippen molar-refractivity contribution in [3.05, 3.63) is 0 Å². The van der Waals surface area contributed by atoms with E-state index in [1.54, 1.807) is 0 Å². The van der Waals surface area contributed by atoms with Gasteiger partial charge in [0.2, 0.25) is 0 Å². The van der Waals surface area contributed by atoms with Gasteiger partial charge in [0.05, 0.1) is 23.9 Å². The number of aliphatic carboxylic acids is 4. The van der Waals surface area contributed by atoms with Crippen LogP contribution < -0.4 is 139 Å². The quantitative estimate of drug-likeness (QED) is 0.0916. The fraction of sp³-hybridized carbons (Fsp3) is 0.833. The van der Waals surface area contributed by atoms with Gasteiger partial charge in [-0.2, -0.15) is 0 Å². The number of rotatable bonds is 10. The van der Waals surface area contributed by atoms with E-state index in [1.165, 1.54) is 0 Å². The van der Waals surface area contributed by atoms with E-state index in [2.05, 4.69) is 4.74 Å². The van der Waals surface area contributed by atoms with Gasteiger partial charge in [-0.1, -0.05) is 0 Å². The third kappa shape index (κ3) is 11.7. The predicted octanol–water partition coefficient (Wildman–Crippen LogP) is -26.7. The van der Waals surface area contributed by atoms with Crippen molar-refractivity contribution >= 4 is 23.9 Å². The maximum Gasteiger partial charge on any atom is 1.00 e. The first kappa shape index (κ1) is 54.2. The number of carbonyl (C=O) groups excluding carboxylic acids is 4. The summed E-state index contributed by atoms with van der Waals surface area (Å²) in [6.45, 7) is 0. The van der Waals surface area contributed by atoms with Crippen molar-refractivity contribution in [2.75, 3.05) is 0 Å². The number of hydrogen-bond acceptors (Lipinski definition) is 25. The Morgan fingerprint density at radius 2 is 0.623 bits per heavy atom. The summed E-state index contributed by atoms with van der Waals surface area (Å²) in [5.41, 5.74) is 0. The molecule has 0 aromatic heterocycles. The smallest absolute Gasteiger partial charge is 0.547 e. The summed E-state index contributed by atoms with van der Waals surface area (Å²) < 4.78 is 34.7. The third-order valence-corrected chi connectivity index (χ3v) is 8.02. The summed E-state index contributed by atoms with van der Waals surface area (Å²) in [5, 5.41) is 149. The van der Waals surface area contributed by atoms with Crippen LogP contribution in [0.1, 0.15) is 0 Å². The normalized spacial score (nSPS) is 45.5. The minimum Gasteiger partial charge on any atom is -0.547 e. The summed E-state index contributed by atoms with van der Waals surface area (Å²) in [4.78, 5) is 46.6. The van der Waals surface area contributed by atoms with Gasteiger partial charge in [0, 0.05) is 0 Å². The molecule has 0 saturated carbocycles. The fourth-order valence-electron chi connectivity index (χ4n) is 5.39. The van der Waals surface area contributed by atoms with Crippen molar-refractivity contribution in [2.45, 2.75) is 123 Å². The molecule has 4 rings (SSSR count). The minimum atomic E-state index is -2.58. The largest absolute Gasteiger partial charge is 1.00 e. The molecule has 0 bridgehead atoms. The van der Waals surface area contributed by atoms with Crippen LogP contribution >= 0.6 is 0 Å². The molecule has 4 saturated heterocycles. The van der Waals surface area contributed by atoms with Crippen LogP contribution in [0, 0.1) is 0 Å². The van der Waals surface area contributed by atoms with Crippen LogP contribution in [0.15, 0.2) is 0 Å². The van der Waals surface area contributed by atoms with Gasteiger partial charge in [-0.15, -0.1) is 0 Å². The molecule has 53 heavy (non-hydrogen) atoms. The second-order valence-corrected chi connectivity index (χ2v) is 11.2. The zero-order chi connectivity index (χ0) is 36.8. The molecule has 280 valence electrons. The van der Waals surface area contributed by atoms with E-state index in [9.17, 15) is 90.7 Å². The van der Waals surface area contributed by atoms with Gasteiger partial charge in [-0.05, 0) is 0 Å². The predicted molar refractivity (Wildman–Crippen MR) is 126 cm³/mol. The van der Waals surface area contributed by atoms with E-state index in [4.69, 9.17) is 28.4 Å². The van der Waals surface area contributed by atoms with E-state index in [1.807, 2.05) is 0 Å². The molecule has 0 aromatic carbocycles. The number of aliphatic hydroxyl groups excluding tert-OH is 10. The molecule has 4 fully saturated rings. The second-order valence-electron chi connectivity index (χ2n) is 11.2. The van der Waals surface area contributed by atoms with Gasteiger partial charge in [0.15, 0.2) is 25.2 Å². The summed E-state index contributed by atoms with van der Waals surface area (Å²) in [6, 6.07) is 0. The topological polar surface area (TPSA) is 427 Å². The van der Waals surface area contributed by atoms with Crippen LogP contribution in [0.5, 0.6) is 0 Å². The summed E-state index contributed by atoms with van der Waals surface area (Å²) in [5.74, 6) is -8.74. The van der Waals surface area contributed by atoms with Crippen LogP contribution in [0.4, 0.5) is 0 Å². The Morgan fingerprint density at radius 3 is 0.943 bits per heavy atom. The summed E-state index contributed by atoms with van der Waals surface area (Å²) in [7, 11) is 0. The van der Waals surface area contributed by atoms with Crippen molar-refractivity contribution in [3.8, 4) is 0 Å². The first-order valence-corrected chi connectivity index (χ1v) is 14.0. The maximum atomic E-state index is 12.0. The average Bonchev–Trinajstić information content (AvgIpc) is 3.03. The van der Waals surface area contributed by atoms with Gasteiger partial charge in [0.25, 0.3) is 0 Å². The van der Waals surface area contributed by atoms with Gasteiger partial charge < -0.3 is 124 Å². The molecular weight excluding hydrogens is 780 g/mol. The molecule has 8 unspecified atom stereocenters. The first-order chi connectivity index (χ1) is 22.8. The fourth-order valence-corrected chi connectivity index (χ4v) is 5.39. The number of hydrogen-bond donors (Lipinski definition) is 10. The molecule has 4 heterocycles. The average molecular weight is 810 g/mol. The monoisotopic (exact) mass is 810 g/mol. The zero-order valence-corrected chi connectivity index (χ0v) is 36.1. The number of carboxylic acids is 4. The maximum absolute atomic E-state index is 12.0. The molecule has 0 aliphatic carbocycles. The molecule has 10 N–H and O–H groups in total. The number of ether oxygens (including phenoxy) is 7.